The predicted molar refractivity (Wildman–Crippen MR) is 170 cm³/mol. The summed E-state index contributed by atoms with van der Waals surface area (Å²) in [4.78, 5) is 45.3. The SMILES string of the molecule is C[C@H]1[C@H](C(C)(C)O)[C@@H](CC(=O)N(CCO)Cc2ccccc2)O[C@]12C(=O)N(Cc1ccc(N3CCC3=O)cc1)c1ccccc12. The first-order valence-corrected chi connectivity index (χ1v) is 15.7. The monoisotopic (exact) mass is 611 g/mol. The van der Waals surface area contributed by atoms with E-state index in [4.69, 9.17) is 4.74 Å². The van der Waals surface area contributed by atoms with Gasteiger partial charge in [-0.25, -0.2) is 0 Å². The van der Waals surface area contributed by atoms with Gasteiger partial charge in [0.25, 0.3) is 5.91 Å². The van der Waals surface area contributed by atoms with Gasteiger partial charge in [0.1, 0.15) is 0 Å². The summed E-state index contributed by atoms with van der Waals surface area (Å²) in [6.45, 7) is 6.67. The van der Waals surface area contributed by atoms with Crippen LogP contribution in [0.15, 0.2) is 78.9 Å². The number of nitrogens with zero attached hydrogens (tertiary/aromatic N) is 3. The van der Waals surface area contributed by atoms with E-state index >= 15 is 0 Å². The quantitative estimate of drug-likeness (QED) is 0.336. The number of ether oxygens (including phenoxy) is 1. The number of carbonyl (C=O) groups is 3. The summed E-state index contributed by atoms with van der Waals surface area (Å²) in [6, 6.07) is 24.9. The molecule has 2 saturated heterocycles. The Morgan fingerprint density at radius 2 is 1.69 bits per heavy atom. The Morgan fingerprint density at radius 1 is 1.00 bits per heavy atom. The van der Waals surface area contributed by atoms with E-state index < -0.39 is 29.1 Å². The summed E-state index contributed by atoms with van der Waals surface area (Å²) in [6.07, 6.45) is -0.222. The number of aliphatic hydroxyl groups is 2. The minimum atomic E-state index is -1.38. The molecule has 2 N–H and O–H groups in total. The minimum Gasteiger partial charge on any atom is -0.395 e. The lowest BCUT2D eigenvalue weighted by Gasteiger charge is -2.34. The van der Waals surface area contributed by atoms with Crippen LogP contribution in [0.3, 0.4) is 0 Å². The molecular formula is C36H41N3O6. The van der Waals surface area contributed by atoms with Crippen LogP contribution in [0.25, 0.3) is 0 Å². The van der Waals surface area contributed by atoms with Crippen LogP contribution in [0.2, 0.25) is 0 Å². The number of β-lactam (4-membered cyclic amide) rings is 1. The van der Waals surface area contributed by atoms with E-state index in [1.807, 2.05) is 85.8 Å². The average Bonchev–Trinajstić information content (AvgIpc) is 3.44. The molecule has 9 heteroatoms. The number of hydrogen-bond acceptors (Lipinski definition) is 6. The lowest BCUT2D eigenvalue weighted by Crippen LogP contribution is -2.46. The molecule has 2 fully saturated rings. The third-order valence-corrected chi connectivity index (χ3v) is 9.65. The van der Waals surface area contributed by atoms with Crippen molar-refractivity contribution in [2.75, 3.05) is 29.5 Å². The van der Waals surface area contributed by atoms with Crippen LogP contribution in [0, 0.1) is 11.8 Å². The first-order valence-electron chi connectivity index (χ1n) is 15.7. The van der Waals surface area contributed by atoms with Gasteiger partial charge >= 0.3 is 0 Å². The van der Waals surface area contributed by atoms with E-state index in [1.54, 1.807) is 28.5 Å². The van der Waals surface area contributed by atoms with Crippen LogP contribution < -0.4 is 9.80 Å². The number of anilines is 2. The van der Waals surface area contributed by atoms with Crippen LogP contribution in [0.1, 0.15) is 50.3 Å². The zero-order valence-corrected chi connectivity index (χ0v) is 26.1. The molecule has 3 aliphatic heterocycles. The summed E-state index contributed by atoms with van der Waals surface area (Å²) in [5.41, 5.74) is 1.53. The van der Waals surface area contributed by atoms with Crippen molar-refractivity contribution in [3.8, 4) is 0 Å². The number of aliphatic hydroxyl groups excluding tert-OH is 1. The third-order valence-electron chi connectivity index (χ3n) is 9.65. The Balaban J connectivity index is 1.29. The van der Waals surface area contributed by atoms with Gasteiger partial charge in [0, 0.05) is 49.1 Å². The molecule has 0 radical (unpaired) electrons. The minimum absolute atomic E-state index is 0.0420. The van der Waals surface area contributed by atoms with Crippen LogP contribution in [-0.2, 0) is 37.8 Å². The molecule has 45 heavy (non-hydrogen) atoms. The highest BCUT2D eigenvalue weighted by molar-refractivity contribution is 6.07. The fourth-order valence-corrected chi connectivity index (χ4v) is 7.46. The second-order valence-corrected chi connectivity index (χ2v) is 13.0. The highest BCUT2D eigenvalue weighted by atomic mass is 16.5. The van der Waals surface area contributed by atoms with Crippen LogP contribution in [0.5, 0.6) is 0 Å². The maximum absolute atomic E-state index is 14.6. The molecule has 6 rings (SSSR count). The summed E-state index contributed by atoms with van der Waals surface area (Å²) in [5.74, 6) is -1.31. The van der Waals surface area contributed by atoms with Crippen molar-refractivity contribution in [3.63, 3.8) is 0 Å². The molecule has 3 aliphatic rings. The number of rotatable bonds is 10. The Hall–Kier alpha value is -4.05. The fourth-order valence-electron chi connectivity index (χ4n) is 7.46. The molecule has 0 bridgehead atoms. The van der Waals surface area contributed by atoms with Crippen molar-refractivity contribution in [1.29, 1.82) is 0 Å². The van der Waals surface area contributed by atoms with Gasteiger partial charge in [0.05, 0.1) is 37.0 Å². The third kappa shape index (κ3) is 5.54. The summed E-state index contributed by atoms with van der Waals surface area (Å²) in [7, 11) is 0. The molecule has 1 spiro atoms. The Bertz CT molecular complexity index is 1570. The van der Waals surface area contributed by atoms with Crippen LogP contribution in [-0.4, -0.2) is 64.2 Å². The second kappa shape index (κ2) is 12.0. The van der Waals surface area contributed by atoms with Crippen molar-refractivity contribution < 1.29 is 29.3 Å². The Morgan fingerprint density at radius 3 is 2.31 bits per heavy atom. The van der Waals surface area contributed by atoms with Crippen molar-refractivity contribution >= 4 is 29.1 Å². The molecule has 0 unspecified atom stereocenters. The van der Waals surface area contributed by atoms with Crippen LogP contribution in [0.4, 0.5) is 11.4 Å². The van der Waals surface area contributed by atoms with Gasteiger partial charge in [-0.2, -0.15) is 0 Å². The van der Waals surface area contributed by atoms with E-state index in [1.165, 1.54) is 0 Å². The number of hydrogen-bond donors (Lipinski definition) is 2. The first-order chi connectivity index (χ1) is 21.5. The van der Waals surface area contributed by atoms with Gasteiger partial charge in [-0.3, -0.25) is 14.4 Å². The standard InChI is InChI=1S/C36H41N3O6/c1-24-33(35(2,3)44)30(21-32(42)37(19-20-40)22-25-9-5-4-6-10-25)45-36(24)28-11-7-8-12-29(28)39(34(36)43)23-26-13-15-27(16-14-26)38-18-17-31(38)41/h4-16,24,30,33,40,44H,17-23H2,1-3H3/t24-,30+,33-,36+/m0/s1. The van der Waals surface area contributed by atoms with E-state index in [2.05, 4.69) is 0 Å². The first kappa shape index (κ1) is 31.0. The molecule has 0 saturated carbocycles. The van der Waals surface area contributed by atoms with Gasteiger partial charge in [-0.05, 0) is 43.2 Å². The largest absolute Gasteiger partial charge is 0.395 e. The van der Waals surface area contributed by atoms with Gasteiger partial charge < -0.3 is 29.6 Å². The molecule has 3 aromatic rings. The molecule has 3 heterocycles. The second-order valence-electron chi connectivity index (χ2n) is 13.0. The maximum Gasteiger partial charge on any atom is 0.264 e. The molecule has 4 atom stereocenters. The number of carbonyl (C=O) groups excluding carboxylic acids is 3. The number of para-hydroxylation sites is 1. The van der Waals surface area contributed by atoms with Gasteiger partial charge in [-0.1, -0.05) is 67.6 Å². The van der Waals surface area contributed by atoms with Crippen molar-refractivity contribution in [2.45, 2.75) is 64.0 Å². The van der Waals surface area contributed by atoms with Gasteiger partial charge in [0.2, 0.25) is 11.8 Å². The summed E-state index contributed by atoms with van der Waals surface area (Å²) < 4.78 is 6.80. The Labute approximate surface area is 264 Å². The molecule has 236 valence electrons. The van der Waals surface area contributed by atoms with Crippen molar-refractivity contribution in [2.24, 2.45) is 11.8 Å². The summed E-state index contributed by atoms with van der Waals surface area (Å²) in [5, 5.41) is 21.2. The van der Waals surface area contributed by atoms with E-state index in [0.29, 0.717) is 26.1 Å². The molecule has 9 nitrogen and oxygen atoms in total. The smallest absolute Gasteiger partial charge is 0.264 e. The number of benzene rings is 3. The molecule has 3 aromatic carbocycles. The van der Waals surface area contributed by atoms with Crippen molar-refractivity contribution in [1.82, 2.24) is 4.90 Å². The van der Waals surface area contributed by atoms with Crippen molar-refractivity contribution in [3.05, 3.63) is 95.6 Å². The normalized spacial score (nSPS) is 24.2. The van der Waals surface area contributed by atoms with Gasteiger partial charge in [0.15, 0.2) is 5.60 Å². The Kier molecular flexibility index (Phi) is 8.28. The molecule has 3 amide bonds. The fraction of sp³-hybridized carbons (Fsp3) is 0.417. The molecule has 0 aromatic heterocycles. The maximum atomic E-state index is 14.6. The predicted octanol–water partition coefficient (Wildman–Crippen LogP) is 4.00. The number of fused-ring (bicyclic) bond motifs is 2. The van der Waals surface area contributed by atoms with E-state index in [0.717, 1.165) is 28.1 Å². The lowest BCUT2D eigenvalue weighted by atomic mass is 9.71. The van der Waals surface area contributed by atoms with E-state index in [9.17, 15) is 24.6 Å². The lowest BCUT2D eigenvalue weighted by molar-refractivity contribution is -0.150. The highest BCUT2D eigenvalue weighted by Crippen LogP contribution is 2.58. The van der Waals surface area contributed by atoms with Crippen LogP contribution >= 0.6 is 0 Å². The molecular weight excluding hydrogens is 570 g/mol. The van der Waals surface area contributed by atoms with Gasteiger partial charge in [-0.15, -0.1) is 0 Å². The number of amides is 3. The highest BCUT2D eigenvalue weighted by Gasteiger charge is 2.66. The zero-order chi connectivity index (χ0) is 31.9. The average molecular weight is 612 g/mol. The topological polar surface area (TPSA) is 111 Å². The molecule has 0 aliphatic carbocycles. The summed E-state index contributed by atoms with van der Waals surface area (Å²) >= 11 is 0. The van der Waals surface area contributed by atoms with E-state index in [-0.39, 0.29) is 37.3 Å². The zero-order valence-electron chi connectivity index (χ0n) is 26.1.